The van der Waals surface area contributed by atoms with Crippen LogP contribution in [0.3, 0.4) is 0 Å². The van der Waals surface area contributed by atoms with Gasteiger partial charge in [-0.2, -0.15) is 0 Å². The maximum Gasteiger partial charge on any atom is 0.307 e. The molecule has 0 unspecified atom stereocenters. The number of rotatable bonds is 4. The van der Waals surface area contributed by atoms with E-state index in [0.29, 0.717) is 24.2 Å². The highest BCUT2D eigenvalue weighted by molar-refractivity contribution is 5.94. The number of ether oxygens (including phenoxy) is 1. The van der Waals surface area contributed by atoms with Crippen LogP contribution in [0.1, 0.15) is 27.0 Å². The standard InChI is InChI=1S/C19H19NO4/c1-24-17-4-2-3-15-12-20(10-9-16(15)17)19(23)14-7-5-13(6-8-14)11-18(21)22/h2-8H,9-12H2,1H3,(H,21,22). The number of carboxylic acids is 1. The first-order valence-corrected chi connectivity index (χ1v) is 7.83. The second-order valence-electron chi connectivity index (χ2n) is 5.84. The number of nitrogens with zero attached hydrogens (tertiary/aromatic N) is 1. The summed E-state index contributed by atoms with van der Waals surface area (Å²) in [5.74, 6) is -0.0429. The van der Waals surface area contributed by atoms with E-state index < -0.39 is 5.97 Å². The van der Waals surface area contributed by atoms with Gasteiger partial charge in [0.1, 0.15) is 5.75 Å². The van der Waals surface area contributed by atoms with Crippen LogP contribution in [-0.4, -0.2) is 35.5 Å². The van der Waals surface area contributed by atoms with Gasteiger partial charge >= 0.3 is 5.97 Å². The van der Waals surface area contributed by atoms with Crippen molar-refractivity contribution in [1.82, 2.24) is 4.90 Å². The largest absolute Gasteiger partial charge is 0.496 e. The summed E-state index contributed by atoms with van der Waals surface area (Å²) in [6.45, 7) is 1.20. The minimum absolute atomic E-state index is 0.0364. The predicted octanol–water partition coefficient (Wildman–Crippen LogP) is 2.52. The zero-order valence-electron chi connectivity index (χ0n) is 13.5. The number of hydrogen-bond donors (Lipinski definition) is 1. The van der Waals surface area contributed by atoms with E-state index in [4.69, 9.17) is 9.84 Å². The molecule has 0 atom stereocenters. The molecule has 1 aliphatic heterocycles. The fourth-order valence-electron chi connectivity index (χ4n) is 3.06. The van der Waals surface area contributed by atoms with Gasteiger partial charge in [0.15, 0.2) is 0 Å². The molecule has 0 radical (unpaired) electrons. The number of methoxy groups -OCH3 is 1. The molecule has 3 rings (SSSR count). The highest BCUT2D eigenvalue weighted by atomic mass is 16.5. The second-order valence-corrected chi connectivity index (χ2v) is 5.84. The quantitative estimate of drug-likeness (QED) is 0.938. The van der Waals surface area contributed by atoms with Crippen molar-refractivity contribution >= 4 is 11.9 Å². The summed E-state index contributed by atoms with van der Waals surface area (Å²) in [7, 11) is 1.66. The van der Waals surface area contributed by atoms with Crippen LogP contribution in [0.25, 0.3) is 0 Å². The first-order chi connectivity index (χ1) is 11.6. The molecule has 1 heterocycles. The molecule has 0 saturated heterocycles. The van der Waals surface area contributed by atoms with Gasteiger partial charge in [-0.15, -0.1) is 0 Å². The highest BCUT2D eigenvalue weighted by Crippen LogP contribution is 2.28. The normalized spacial score (nSPS) is 13.3. The Balaban J connectivity index is 1.75. The average molecular weight is 325 g/mol. The fourth-order valence-corrected chi connectivity index (χ4v) is 3.06. The second kappa shape index (κ2) is 6.74. The lowest BCUT2D eigenvalue weighted by atomic mass is 9.98. The summed E-state index contributed by atoms with van der Waals surface area (Å²) in [6.07, 6.45) is 0.730. The van der Waals surface area contributed by atoms with Gasteiger partial charge < -0.3 is 14.7 Å². The number of carbonyl (C=O) groups is 2. The lowest BCUT2D eigenvalue weighted by Crippen LogP contribution is -2.36. The molecule has 2 aromatic carbocycles. The Bertz CT molecular complexity index is 767. The van der Waals surface area contributed by atoms with E-state index >= 15 is 0 Å². The van der Waals surface area contributed by atoms with Crippen molar-refractivity contribution in [3.63, 3.8) is 0 Å². The van der Waals surface area contributed by atoms with E-state index in [9.17, 15) is 9.59 Å². The molecule has 0 aromatic heterocycles. The van der Waals surface area contributed by atoms with Crippen molar-refractivity contribution in [2.24, 2.45) is 0 Å². The van der Waals surface area contributed by atoms with Crippen LogP contribution in [0.5, 0.6) is 5.75 Å². The Morgan fingerprint density at radius 2 is 1.92 bits per heavy atom. The molecule has 0 bridgehead atoms. The molecular formula is C19H19NO4. The fraction of sp³-hybridized carbons (Fsp3) is 0.263. The van der Waals surface area contributed by atoms with Crippen molar-refractivity contribution < 1.29 is 19.4 Å². The zero-order valence-corrected chi connectivity index (χ0v) is 13.5. The molecule has 1 N–H and O–H groups in total. The molecule has 1 amide bonds. The zero-order chi connectivity index (χ0) is 17.1. The van der Waals surface area contributed by atoms with Gasteiger partial charge in [0.25, 0.3) is 5.91 Å². The molecule has 2 aromatic rings. The van der Waals surface area contributed by atoms with Gasteiger partial charge in [0, 0.05) is 24.2 Å². The predicted molar refractivity (Wildman–Crippen MR) is 89.2 cm³/mol. The first kappa shape index (κ1) is 16.1. The minimum atomic E-state index is -0.879. The third-order valence-corrected chi connectivity index (χ3v) is 4.29. The monoisotopic (exact) mass is 325 g/mol. The van der Waals surface area contributed by atoms with Crippen molar-refractivity contribution in [1.29, 1.82) is 0 Å². The number of fused-ring (bicyclic) bond motifs is 1. The topological polar surface area (TPSA) is 66.8 Å². The summed E-state index contributed by atoms with van der Waals surface area (Å²) in [6, 6.07) is 12.7. The molecular weight excluding hydrogens is 306 g/mol. The first-order valence-electron chi connectivity index (χ1n) is 7.83. The highest BCUT2D eigenvalue weighted by Gasteiger charge is 2.23. The van der Waals surface area contributed by atoms with Crippen LogP contribution in [0.15, 0.2) is 42.5 Å². The van der Waals surface area contributed by atoms with Crippen LogP contribution < -0.4 is 4.74 Å². The van der Waals surface area contributed by atoms with Crippen LogP contribution >= 0.6 is 0 Å². The lowest BCUT2D eigenvalue weighted by molar-refractivity contribution is -0.136. The Kier molecular flexibility index (Phi) is 4.51. The third-order valence-electron chi connectivity index (χ3n) is 4.29. The van der Waals surface area contributed by atoms with Crippen molar-refractivity contribution in [3.8, 4) is 5.75 Å². The Morgan fingerprint density at radius 1 is 1.17 bits per heavy atom. The molecule has 0 aliphatic carbocycles. The van der Waals surface area contributed by atoms with E-state index in [1.807, 2.05) is 23.1 Å². The van der Waals surface area contributed by atoms with Crippen molar-refractivity contribution in [3.05, 3.63) is 64.7 Å². The Hall–Kier alpha value is -2.82. The van der Waals surface area contributed by atoms with Crippen molar-refractivity contribution in [2.45, 2.75) is 19.4 Å². The van der Waals surface area contributed by atoms with Gasteiger partial charge in [-0.25, -0.2) is 0 Å². The Morgan fingerprint density at radius 3 is 2.58 bits per heavy atom. The lowest BCUT2D eigenvalue weighted by Gasteiger charge is -2.30. The molecule has 5 nitrogen and oxygen atoms in total. The summed E-state index contributed by atoms with van der Waals surface area (Å²) in [5.41, 5.74) is 3.54. The molecule has 1 aliphatic rings. The molecule has 0 saturated carbocycles. The van der Waals surface area contributed by atoms with Crippen LogP contribution in [0.2, 0.25) is 0 Å². The number of carboxylic acid groups (broad SMARTS) is 1. The molecule has 24 heavy (non-hydrogen) atoms. The average Bonchev–Trinajstić information content (AvgIpc) is 2.60. The van der Waals surface area contributed by atoms with E-state index in [0.717, 1.165) is 17.7 Å². The summed E-state index contributed by atoms with van der Waals surface area (Å²) in [4.78, 5) is 25.2. The van der Waals surface area contributed by atoms with Gasteiger partial charge in [-0.3, -0.25) is 9.59 Å². The smallest absolute Gasteiger partial charge is 0.307 e. The van der Waals surface area contributed by atoms with Crippen LogP contribution in [0.4, 0.5) is 0 Å². The number of hydrogen-bond acceptors (Lipinski definition) is 3. The van der Waals surface area contributed by atoms with Gasteiger partial charge in [0.05, 0.1) is 13.5 Å². The molecule has 0 spiro atoms. The van der Waals surface area contributed by atoms with E-state index in [1.54, 1.807) is 31.4 Å². The number of amides is 1. The molecule has 124 valence electrons. The maximum atomic E-state index is 12.7. The van der Waals surface area contributed by atoms with E-state index in [-0.39, 0.29) is 12.3 Å². The number of benzene rings is 2. The van der Waals surface area contributed by atoms with Gasteiger partial charge in [-0.05, 0) is 35.7 Å². The third kappa shape index (κ3) is 3.25. The van der Waals surface area contributed by atoms with Crippen LogP contribution in [0, 0.1) is 0 Å². The minimum Gasteiger partial charge on any atom is -0.496 e. The van der Waals surface area contributed by atoms with Gasteiger partial charge in [0.2, 0.25) is 0 Å². The molecule has 5 heteroatoms. The van der Waals surface area contributed by atoms with Crippen molar-refractivity contribution in [2.75, 3.05) is 13.7 Å². The van der Waals surface area contributed by atoms with E-state index in [1.165, 1.54) is 5.56 Å². The maximum absolute atomic E-state index is 12.7. The summed E-state index contributed by atoms with van der Waals surface area (Å²) in [5, 5.41) is 8.80. The Labute approximate surface area is 140 Å². The number of carbonyl (C=O) groups excluding carboxylic acids is 1. The molecule has 0 fully saturated rings. The summed E-state index contributed by atoms with van der Waals surface area (Å²) >= 11 is 0. The summed E-state index contributed by atoms with van der Waals surface area (Å²) < 4.78 is 5.39. The van der Waals surface area contributed by atoms with Gasteiger partial charge in [-0.1, -0.05) is 24.3 Å². The van der Waals surface area contributed by atoms with E-state index in [2.05, 4.69) is 0 Å². The SMILES string of the molecule is COc1cccc2c1CCN(C(=O)c1ccc(CC(=O)O)cc1)C2. The van der Waals surface area contributed by atoms with Crippen LogP contribution in [-0.2, 0) is 24.2 Å². The number of aliphatic carboxylic acids is 1.